The Kier molecular flexibility index (Phi) is 4.44. The van der Waals surface area contributed by atoms with E-state index in [-0.39, 0.29) is 24.6 Å². The van der Waals surface area contributed by atoms with Gasteiger partial charge in [-0.1, -0.05) is 36.4 Å². The Morgan fingerprint density at radius 1 is 1.07 bits per heavy atom. The van der Waals surface area contributed by atoms with Gasteiger partial charge in [0.15, 0.2) is 5.82 Å². The monoisotopic (exact) mass is 376 g/mol. The molecule has 0 atom stereocenters. The highest BCUT2D eigenvalue weighted by atomic mass is 19.1. The van der Waals surface area contributed by atoms with E-state index in [9.17, 15) is 9.18 Å². The summed E-state index contributed by atoms with van der Waals surface area (Å²) in [7, 11) is 0. The van der Waals surface area contributed by atoms with E-state index in [1.165, 1.54) is 12.1 Å². The first-order valence-electron chi connectivity index (χ1n) is 8.62. The van der Waals surface area contributed by atoms with Crippen molar-refractivity contribution in [1.82, 2.24) is 19.7 Å². The number of nitrogens with zero attached hydrogens (tertiary/aromatic N) is 4. The van der Waals surface area contributed by atoms with E-state index in [4.69, 9.17) is 11.5 Å². The highest BCUT2D eigenvalue weighted by Crippen LogP contribution is 2.27. The van der Waals surface area contributed by atoms with E-state index in [1.54, 1.807) is 22.9 Å². The number of carbonyl (C=O) groups is 1. The number of carbonyl (C=O) groups excluding carboxylic acids is 1. The zero-order valence-corrected chi connectivity index (χ0v) is 14.8. The highest BCUT2D eigenvalue weighted by molar-refractivity contribution is 5.91. The topological polar surface area (TPSA) is 113 Å². The molecule has 4 N–H and O–H groups in total. The number of benzene rings is 2. The highest BCUT2D eigenvalue weighted by Gasteiger charge is 2.17. The van der Waals surface area contributed by atoms with E-state index >= 15 is 0 Å². The number of hydrogen-bond donors (Lipinski definition) is 2. The number of nitrogen functional groups attached to an aromatic ring is 1. The summed E-state index contributed by atoms with van der Waals surface area (Å²) in [6.45, 7) is 0.254. The van der Waals surface area contributed by atoms with Gasteiger partial charge in [0.1, 0.15) is 17.3 Å². The second-order valence-corrected chi connectivity index (χ2v) is 6.37. The minimum absolute atomic E-state index is 0.0480. The predicted molar refractivity (Wildman–Crippen MR) is 104 cm³/mol. The summed E-state index contributed by atoms with van der Waals surface area (Å²) < 4.78 is 15.8. The maximum absolute atomic E-state index is 14.1. The fourth-order valence-corrected chi connectivity index (χ4v) is 3.09. The van der Waals surface area contributed by atoms with Crippen LogP contribution in [0.2, 0.25) is 0 Å². The van der Waals surface area contributed by atoms with Gasteiger partial charge in [0.2, 0.25) is 5.91 Å². The maximum Gasteiger partial charge on any atom is 0.223 e. The molecule has 0 radical (unpaired) electrons. The van der Waals surface area contributed by atoms with Crippen LogP contribution in [0, 0.1) is 5.82 Å². The summed E-state index contributed by atoms with van der Waals surface area (Å²) in [5.74, 6) is -0.305. The smallest absolute Gasteiger partial charge is 0.223 e. The van der Waals surface area contributed by atoms with Crippen LogP contribution in [0.25, 0.3) is 22.4 Å². The van der Waals surface area contributed by atoms with Crippen LogP contribution < -0.4 is 11.5 Å². The van der Waals surface area contributed by atoms with Crippen LogP contribution in [0.15, 0.2) is 54.6 Å². The van der Waals surface area contributed by atoms with E-state index < -0.39 is 5.91 Å². The average Bonchev–Trinajstić information content (AvgIpc) is 3.01. The second kappa shape index (κ2) is 7.07. The molecule has 0 aliphatic rings. The molecule has 4 rings (SSSR count). The Morgan fingerprint density at radius 3 is 2.61 bits per heavy atom. The summed E-state index contributed by atoms with van der Waals surface area (Å²) in [5, 5.41) is 5.41. The number of rotatable bonds is 5. The lowest BCUT2D eigenvalue weighted by Crippen LogP contribution is -2.15. The number of primary amides is 1. The Bertz CT molecular complexity index is 1190. The molecule has 7 nitrogen and oxygen atoms in total. The molecule has 0 unspecified atom stereocenters. The normalized spacial score (nSPS) is 11.0. The van der Waals surface area contributed by atoms with Crippen molar-refractivity contribution in [1.29, 1.82) is 0 Å². The molecule has 8 heteroatoms. The largest absolute Gasteiger partial charge is 0.384 e. The molecule has 2 aromatic carbocycles. The third kappa shape index (κ3) is 3.39. The number of amides is 1. The molecule has 1 amide bonds. The molecule has 28 heavy (non-hydrogen) atoms. The lowest BCUT2D eigenvalue weighted by atomic mass is 10.2. The van der Waals surface area contributed by atoms with Crippen LogP contribution in [0.4, 0.5) is 10.2 Å². The van der Waals surface area contributed by atoms with Crippen LogP contribution >= 0.6 is 0 Å². The lowest BCUT2D eigenvalue weighted by molar-refractivity contribution is -0.117. The molecule has 0 aliphatic carbocycles. The van der Waals surface area contributed by atoms with Crippen molar-refractivity contribution in [2.75, 3.05) is 5.73 Å². The van der Waals surface area contributed by atoms with Crippen LogP contribution in [-0.4, -0.2) is 25.7 Å². The minimum Gasteiger partial charge on any atom is -0.384 e. The second-order valence-electron chi connectivity index (χ2n) is 6.37. The molecule has 0 saturated carbocycles. The van der Waals surface area contributed by atoms with E-state index in [2.05, 4.69) is 15.1 Å². The third-order valence-corrected chi connectivity index (χ3v) is 4.30. The van der Waals surface area contributed by atoms with Crippen molar-refractivity contribution in [2.24, 2.45) is 5.73 Å². The zero-order chi connectivity index (χ0) is 19.7. The van der Waals surface area contributed by atoms with Gasteiger partial charge < -0.3 is 11.5 Å². The predicted octanol–water partition coefficient (Wildman–Crippen LogP) is 2.29. The maximum atomic E-state index is 14.1. The first-order valence-corrected chi connectivity index (χ1v) is 8.62. The zero-order valence-electron chi connectivity index (χ0n) is 14.8. The van der Waals surface area contributed by atoms with Gasteiger partial charge in [0.25, 0.3) is 0 Å². The first-order chi connectivity index (χ1) is 13.5. The van der Waals surface area contributed by atoms with Gasteiger partial charge in [-0.3, -0.25) is 9.48 Å². The Hall–Kier alpha value is -3.81. The van der Waals surface area contributed by atoms with Crippen molar-refractivity contribution in [2.45, 2.75) is 13.0 Å². The quantitative estimate of drug-likeness (QED) is 0.555. The van der Waals surface area contributed by atoms with Crippen LogP contribution in [-0.2, 0) is 17.8 Å². The van der Waals surface area contributed by atoms with E-state index in [0.29, 0.717) is 22.8 Å². The summed E-state index contributed by atoms with van der Waals surface area (Å²) in [6, 6.07) is 15.6. The molecule has 2 heterocycles. The minimum atomic E-state index is -0.515. The molecular weight excluding hydrogens is 359 g/mol. The van der Waals surface area contributed by atoms with Crippen molar-refractivity contribution in [3.05, 3.63) is 71.7 Å². The first kappa shape index (κ1) is 17.6. The Labute approximate surface area is 159 Å². The van der Waals surface area contributed by atoms with Crippen molar-refractivity contribution in [3.63, 3.8) is 0 Å². The van der Waals surface area contributed by atoms with Crippen molar-refractivity contribution in [3.8, 4) is 11.5 Å². The van der Waals surface area contributed by atoms with Gasteiger partial charge >= 0.3 is 0 Å². The third-order valence-electron chi connectivity index (χ3n) is 4.30. The lowest BCUT2D eigenvalue weighted by Gasteiger charge is -2.05. The summed E-state index contributed by atoms with van der Waals surface area (Å²) in [4.78, 5) is 19.9. The molecule has 4 aromatic rings. The molecule has 140 valence electrons. The van der Waals surface area contributed by atoms with Crippen molar-refractivity contribution < 1.29 is 9.18 Å². The summed E-state index contributed by atoms with van der Waals surface area (Å²) >= 11 is 0. The van der Waals surface area contributed by atoms with Gasteiger partial charge in [-0.15, -0.1) is 0 Å². The van der Waals surface area contributed by atoms with Crippen LogP contribution in [0.3, 0.4) is 0 Å². The summed E-state index contributed by atoms with van der Waals surface area (Å²) in [5.41, 5.74) is 13.4. The summed E-state index contributed by atoms with van der Waals surface area (Å²) in [6.07, 6.45) is -0.0480. The average molecular weight is 376 g/mol. The number of fused-ring (bicyclic) bond motifs is 1. The molecular formula is C20H17FN6O. The number of aromatic nitrogens is 4. The van der Waals surface area contributed by atoms with Crippen LogP contribution in [0.5, 0.6) is 0 Å². The molecule has 0 saturated heterocycles. The molecule has 0 bridgehead atoms. The molecule has 0 spiro atoms. The fraction of sp³-hybridized carbons (Fsp3) is 0.100. The van der Waals surface area contributed by atoms with Gasteiger partial charge in [-0.25, -0.2) is 14.4 Å². The molecule has 0 fully saturated rings. The number of hydrogen-bond acceptors (Lipinski definition) is 5. The number of halogens is 1. The fourth-order valence-electron chi connectivity index (χ4n) is 3.09. The standard InChI is InChI=1S/C20H17FN6O/c21-15-7-3-1-5-12(15)11-27-16-8-4-2-6-14(16)19(26-27)20-24-13(10-18(23)28)9-17(22)25-20/h1-9H,10-11H2,(H2,23,28)(H2,22,24,25). The Morgan fingerprint density at radius 2 is 1.82 bits per heavy atom. The number of anilines is 1. The number of nitrogens with two attached hydrogens (primary N) is 2. The van der Waals surface area contributed by atoms with Gasteiger partial charge in [0.05, 0.1) is 24.2 Å². The van der Waals surface area contributed by atoms with E-state index in [1.807, 2.05) is 24.3 Å². The van der Waals surface area contributed by atoms with Gasteiger partial charge in [0, 0.05) is 17.0 Å². The molecule has 2 aromatic heterocycles. The number of para-hydroxylation sites is 1. The molecule has 0 aliphatic heterocycles. The SMILES string of the molecule is NC(=O)Cc1cc(N)nc(-c2nn(Cc3ccccc3F)c3ccccc23)n1. The van der Waals surface area contributed by atoms with Crippen LogP contribution in [0.1, 0.15) is 11.3 Å². The van der Waals surface area contributed by atoms with E-state index in [0.717, 1.165) is 10.9 Å². The Balaban J connectivity index is 1.84. The van der Waals surface area contributed by atoms with Gasteiger partial charge in [-0.2, -0.15) is 5.10 Å². The van der Waals surface area contributed by atoms with Crippen molar-refractivity contribution >= 4 is 22.6 Å². The van der Waals surface area contributed by atoms with Gasteiger partial charge in [-0.05, 0) is 12.1 Å².